The molecule has 0 aromatic heterocycles. The number of benzene rings is 5. The van der Waals surface area contributed by atoms with Crippen molar-refractivity contribution in [3.63, 3.8) is 0 Å². The molecule has 0 aliphatic rings. The van der Waals surface area contributed by atoms with Crippen molar-refractivity contribution >= 4 is 76.1 Å². The monoisotopic (exact) mass is 749 g/mol. The van der Waals surface area contributed by atoms with E-state index in [1.807, 2.05) is 48.5 Å². The van der Waals surface area contributed by atoms with Gasteiger partial charge < -0.3 is 41.6 Å². The molecule has 12 heteroatoms. The number of nitrogens with zero attached hydrogens (tertiary/aromatic N) is 4. The third kappa shape index (κ3) is 9.23. The Morgan fingerprint density at radius 2 is 0.939 bits per heavy atom. The van der Waals surface area contributed by atoms with E-state index < -0.39 is 13.2 Å². The van der Waals surface area contributed by atoms with Gasteiger partial charge in [0.25, 0.3) is 0 Å². The van der Waals surface area contributed by atoms with Crippen LogP contribution in [0.4, 0.5) is 0 Å². The first kappa shape index (κ1) is 37.1. The van der Waals surface area contributed by atoms with Gasteiger partial charge >= 0.3 is 17.1 Å². The van der Waals surface area contributed by atoms with E-state index in [1.54, 1.807) is 31.3 Å². The van der Waals surface area contributed by atoms with Crippen molar-refractivity contribution in [2.75, 3.05) is 13.3 Å². The fourth-order valence-corrected chi connectivity index (χ4v) is 9.24. The molecule has 249 valence electrons. The molecular weight excluding hydrogens is 717 g/mol. The first-order valence-electron chi connectivity index (χ1n) is 15.0. The maximum absolute atomic E-state index is 11.8. The molecule has 0 saturated carbocycles. The van der Waals surface area contributed by atoms with Gasteiger partial charge in [-0.25, -0.2) is 0 Å². The van der Waals surface area contributed by atoms with Crippen molar-refractivity contribution in [3.8, 4) is 0 Å². The van der Waals surface area contributed by atoms with Gasteiger partial charge in [-0.05, 0) is 53.7 Å². The van der Waals surface area contributed by atoms with Crippen LogP contribution in [-0.2, 0) is 42.3 Å². The molecule has 0 unspecified atom stereocenters. The number of hydrogen-bond donors (Lipinski definition) is 3. The number of rotatable bonds is 11. The maximum atomic E-state index is 11.8. The second kappa shape index (κ2) is 18.1. The Labute approximate surface area is 308 Å². The fourth-order valence-electron chi connectivity index (χ4n) is 5.10. The van der Waals surface area contributed by atoms with Crippen molar-refractivity contribution in [1.29, 1.82) is 0 Å². The summed E-state index contributed by atoms with van der Waals surface area (Å²) < 4.78 is 0. The van der Waals surface area contributed by atoms with Gasteiger partial charge in [-0.1, -0.05) is 97.1 Å². The summed E-state index contributed by atoms with van der Waals surface area (Å²) in [5.41, 5.74) is 7.98. The summed E-state index contributed by atoms with van der Waals surface area (Å²) in [5, 5.41) is 28.1. The molecule has 1 radical (unpaired) electrons. The normalized spacial score (nSPS) is 12.5. The molecule has 0 aliphatic heterocycles. The Balaban J connectivity index is 0.00000541. The Bertz CT molecular complexity index is 1850. The molecule has 0 saturated heterocycles. The van der Waals surface area contributed by atoms with Crippen molar-refractivity contribution in [2.24, 2.45) is 26.1 Å². The molecule has 1 amide bonds. The predicted octanol–water partition coefficient (Wildman–Crippen LogP) is 4.46. The van der Waals surface area contributed by atoms with E-state index in [9.17, 15) is 4.79 Å². The summed E-state index contributed by atoms with van der Waals surface area (Å²) in [6, 6.07) is 47.7. The number of primary amides is 1. The van der Waals surface area contributed by atoms with Crippen LogP contribution in [0.1, 0.15) is 21.5 Å². The Hall–Kier alpha value is -4.76. The van der Waals surface area contributed by atoms with E-state index in [0.29, 0.717) is 28.8 Å². The van der Waals surface area contributed by atoms with Crippen molar-refractivity contribution in [1.82, 2.24) is 10.6 Å². The van der Waals surface area contributed by atoms with E-state index in [4.69, 9.17) is 31.0 Å². The van der Waals surface area contributed by atoms with Crippen LogP contribution in [0.5, 0.6) is 0 Å². The van der Waals surface area contributed by atoms with E-state index in [0.717, 1.165) is 5.56 Å². The number of amidine groups is 2. The third-order valence-electron chi connectivity index (χ3n) is 7.47. The summed E-state index contributed by atoms with van der Waals surface area (Å²) in [7, 11) is -0.559. The van der Waals surface area contributed by atoms with E-state index in [-0.39, 0.29) is 27.4 Å². The molecule has 5 aromatic carbocycles. The van der Waals surface area contributed by atoms with Gasteiger partial charge in [-0.2, -0.15) is 10.2 Å². The number of nitrogens with two attached hydrogens (primary N) is 1. The zero-order valence-corrected chi connectivity index (χ0v) is 29.9. The quantitative estimate of drug-likeness (QED) is 0.0461. The largest absolute Gasteiger partial charge is 2.00 e. The fraction of sp³-hybridized carbons (Fsp3) is 0.0541. The van der Waals surface area contributed by atoms with Crippen molar-refractivity contribution < 1.29 is 21.9 Å². The molecule has 0 spiro atoms. The number of hydrogen-bond acceptors (Lipinski definition) is 7. The molecule has 5 rings (SSSR count). The SMILES string of the molecule is CN/C([S-])=N/N=C(/C(=N/N=C(\[S-])NC[P+](c1ccccc1)(c1ccccc1)c1ccccc1)c1ccccc1)c1ccc(C(N)=O)cc1.[Cu+2]. The minimum Gasteiger partial charge on any atom is -0.741 e. The van der Waals surface area contributed by atoms with Gasteiger partial charge in [0.2, 0.25) is 5.91 Å². The van der Waals surface area contributed by atoms with Crippen LogP contribution in [0.15, 0.2) is 166 Å². The van der Waals surface area contributed by atoms with Crippen LogP contribution in [0.25, 0.3) is 0 Å². The van der Waals surface area contributed by atoms with Crippen LogP contribution < -0.4 is 32.3 Å². The van der Waals surface area contributed by atoms with E-state index in [2.05, 4.69) is 104 Å². The summed E-state index contributed by atoms with van der Waals surface area (Å²) in [6.07, 6.45) is 0.519. The van der Waals surface area contributed by atoms with Gasteiger partial charge in [-0.15, -0.1) is 10.2 Å². The van der Waals surface area contributed by atoms with E-state index in [1.165, 1.54) is 15.9 Å². The topological polar surface area (TPSA) is 117 Å². The van der Waals surface area contributed by atoms with Gasteiger partial charge in [0, 0.05) is 28.9 Å². The van der Waals surface area contributed by atoms with Crippen molar-refractivity contribution in [3.05, 3.63) is 162 Å². The third-order valence-corrected chi connectivity index (χ3v) is 12.2. The Kier molecular flexibility index (Phi) is 13.7. The van der Waals surface area contributed by atoms with Gasteiger partial charge in [0.15, 0.2) is 0 Å². The summed E-state index contributed by atoms with van der Waals surface area (Å²) in [4.78, 5) is 11.8. The molecule has 0 aliphatic carbocycles. The molecule has 5 aromatic rings. The smallest absolute Gasteiger partial charge is 0.741 e. The summed E-state index contributed by atoms with van der Waals surface area (Å²) in [6.45, 7) is 0. The zero-order valence-electron chi connectivity index (χ0n) is 26.4. The summed E-state index contributed by atoms with van der Waals surface area (Å²) >= 11 is 11.0. The van der Waals surface area contributed by atoms with Crippen LogP contribution >= 0.6 is 7.26 Å². The molecule has 8 nitrogen and oxygen atoms in total. The van der Waals surface area contributed by atoms with Gasteiger partial charge in [0.05, 0.1) is 0 Å². The average molecular weight is 750 g/mol. The van der Waals surface area contributed by atoms with Crippen LogP contribution in [0, 0.1) is 0 Å². The van der Waals surface area contributed by atoms with Crippen molar-refractivity contribution in [2.45, 2.75) is 0 Å². The predicted molar refractivity (Wildman–Crippen MR) is 206 cm³/mol. The number of amides is 1. The molecule has 0 bridgehead atoms. The van der Waals surface area contributed by atoms with Crippen LogP contribution in [0.3, 0.4) is 0 Å². The molecule has 4 N–H and O–H groups in total. The number of carbonyl (C=O) groups is 1. The second-order valence-electron chi connectivity index (χ2n) is 10.4. The summed E-state index contributed by atoms with van der Waals surface area (Å²) in [5.74, 6) is -0.537. The molecular formula is C37H33CuN7OPS2+. The molecule has 0 atom stereocenters. The first-order chi connectivity index (χ1) is 23.4. The zero-order chi connectivity index (χ0) is 33.8. The average Bonchev–Trinajstić information content (AvgIpc) is 3.14. The molecule has 0 heterocycles. The number of nitrogens with one attached hydrogen (secondary N) is 2. The standard InChI is InChI=1S/C37H34N7OPS2.Cu/c1-39-36(47)43-41-34(28-22-24-29(25-23-28)35(38)45)33(27-14-6-2-7-15-27)42-44-37(48)40-26-46(30-16-8-3-9-17-30,31-18-10-4-11-19-31)32-20-12-5-13-21-32;/h2-25H,26H2,1H3,(H5-,38,39,40,41,42,43,44,45,47,48);/q;+2/p-1. The number of carbonyl (C=O) groups excluding carboxylic acids is 1. The van der Waals surface area contributed by atoms with Crippen LogP contribution in [0.2, 0.25) is 0 Å². The maximum Gasteiger partial charge on any atom is 2.00 e. The first-order valence-corrected chi connectivity index (χ1v) is 17.8. The molecule has 0 fully saturated rings. The van der Waals surface area contributed by atoms with Gasteiger partial charge in [-0.3, -0.25) is 4.79 Å². The Morgan fingerprint density at radius 3 is 1.35 bits per heavy atom. The Morgan fingerprint density at radius 1 is 0.571 bits per heavy atom. The van der Waals surface area contributed by atoms with Gasteiger partial charge in [0.1, 0.15) is 40.9 Å². The van der Waals surface area contributed by atoms with Crippen LogP contribution in [-0.4, -0.2) is 41.0 Å². The second-order valence-corrected chi connectivity index (χ2v) is 14.7. The minimum absolute atomic E-state index is 0. The van der Waals surface area contributed by atoms with E-state index >= 15 is 0 Å². The molecule has 49 heavy (non-hydrogen) atoms. The minimum atomic E-state index is -2.22.